The lowest BCUT2D eigenvalue weighted by molar-refractivity contribution is -0.161. The standard InChI is InChI=1S/C24H28N2O5/c1-24(2,3)30-23(29)25-17-10-18-26(31-22(28)20-13-8-5-9-14-20)21(27)16-15-19-11-6-4-7-12-19/h4-9,11-16H,10,17-18H2,1-3H3,(H,25,29)/b16-15+. The molecule has 7 heteroatoms. The third kappa shape index (κ3) is 9.16. The van der Waals surface area contributed by atoms with Crippen LogP contribution in [0.15, 0.2) is 66.7 Å². The quantitative estimate of drug-likeness (QED) is 0.409. The molecule has 31 heavy (non-hydrogen) atoms. The van der Waals surface area contributed by atoms with Gasteiger partial charge in [-0.05, 0) is 51.0 Å². The Morgan fingerprint density at radius 3 is 2.19 bits per heavy atom. The second kappa shape index (κ2) is 11.5. The number of benzene rings is 2. The maximum Gasteiger partial charge on any atom is 0.407 e. The summed E-state index contributed by atoms with van der Waals surface area (Å²) in [5, 5.41) is 3.61. The van der Waals surface area contributed by atoms with Crippen molar-refractivity contribution in [2.24, 2.45) is 0 Å². The molecule has 0 saturated carbocycles. The summed E-state index contributed by atoms with van der Waals surface area (Å²) in [5.41, 5.74) is 0.579. The number of amides is 2. The summed E-state index contributed by atoms with van der Waals surface area (Å²) in [5.74, 6) is -1.12. The summed E-state index contributed by atoms with van der Waals surface area (Å²) < 4.78 is 5.18. The number of carbonyl (C=O) groups excluding carboxylic acids is 3. The molecule has 0 aliphatic rings. The smallest absolute Gasteiger partial charge is 0.407 e. The maximum absolute atomic E-state index is 12.6. The summed E-state index contributed by atoms with van der Waals surface area (Å²) in [7, 11) is 0. The fraction of sp³-hybridized carbons (Fsp3) is 0.292. The van der Waals surface area contributed by atoms with Gasteiger partial charge < -0.3 is 14.9 Å². The van der Waals surface area contributed by atoms with Crippen LogP contribution in [0.2, 0.25) is 0 Å². The molecule has 2 aromatic rings. The Labute approximate surface area is 182 Å². The van der Waals surface area contributed by atoms with Crippen LogP contribution in [0.1, 0.15) is 43.1 Å². The van der Waals surface area contributed by atoms with Crippen molar-refractivity contribution >= 4 is 24.0 Å². The molecule has 0 bridgehead atoms. The lowest BCUT2D eigenvalue weighted by atomic mass is 10.2. The van der Waals surface area contributed by atoms with Gasteiger partial charge in [-0.15, -0.1) is 0 Å². The van der Waals surface area contributed by atoms with Crippen LogP contribution in [0.3, 0.4) is 0 Å². The Morgan fingerprint density at radius 2 is 1.58 bits per heavy atom. The molecule has 2 amide bonds. The highest BCUT2D eigenvalue weighted by Crippen LogP contribution is 2.08. The van der Waals surface area contributed by atoms with E-state index in [0.29, 0.717) is 12.0 Å². The molecule has 0 spiro atoms. The fourth-order valence-electron chi connectivity index (χ4n) is 2.47. The average molecular weight is 424 g/mol. The molecule has 0 heterocycles. The summed E-state index contributed by atoms with van der Waals surface area (Å²) in [6, 6.07) is 17.7. The van der Waals surface area contributed by atoms with Crippen molar-refractivity contribution in [1.29, 1.82) is 0 Å². The van der Waals surface area contributed by atoms with Crippen LogP contribution in [0, 0.1) is 0 Å². The largest absolute Gasteiger partial charge is 0.444 e. The maximum atomic E-state index is 12.6. The van der Waals surface area contributed by atoms with Gasteiger partial charge in [-0.1, -0.05) is 48.5 Å². The number of rotatable bonds is 7. The van der Waals surface area contributed by atoms with E-state index in [2.05, 4.69) is 5.32 Å². The van der Waals surface area contributed by atoms with Gasteiger partial charge in [0, 0.05) is 12.6 Å². The van der Waals surface area contributed by atoms with Crippen molar-refractivity contribution in [1.82, 2.24) is 10.4 Å². The zero-order valence-corrected chi connectivity index (χ0v) is 18.0. The molecule has 0 fully saturated rings. The molecule has 0 atom stereocenters. The number of hydrogen-bond donors (Lipinski definition) is 1. The minimum atomic E-state index is -0.637. The van der Waals surface area contributed by atoms with Gasteiger partial charge in [-0.25, -0.2) is 9.59 Å². The van der Waals surface area contributed by atoms with Gasteiger partial charge in [0.05, 0.1) is 12.1 Å². The lowest BCUT2D eigenvalue weighted by Gasteiger charge is -2.21. The van der Waals surface area contributed by atoms with Gasteiger partial charge in [0.1, 0.15) is 5.60 Å². The second-order valence-electron chi connectivity index (χ2n) is 7.71. The molecule has 2 aromatic carbocycles. The summed E-state index contributed by atoms with van der Waals surface area (Å²) >= 11 is 0. The zero-order valence-electron chi connectivity index (χ0n) is 18.0. The first kappa shape index (κ1) is 23.7. The van der Waals surface area contributed by atoms with E-state index < -0.39 is 23.6 Å². The number of nitrogens with zero attached hydrogens (tertiary/aromatic N) is 1. The van der Waals surface area contributed by atoms with Gasteiger partial charge >= 0.3 is 12.1 Å². The molecule has 164 valence electrons. The second-order valence-corrected chi connectivity index (χ2v) is 7.71. The first-order chi connectivity index (χ1) is 14.7. The molecule has 0 unspecified atom stereocenters. The topological polar surface area (TPSA) is 84.9 Å². The van der Waals surface area contributed by atoms with Crippen molar-refractivity contribution < 1.29 is 24.0 Å². The Hall–Kier alpha value is -3.61. The van der Waals surface area contributed by atoms with Crippen LogP contribution in [-0.4, -0.2) is 41.7 Å². The van der Waals surface area contributed by atoms with Gasteiger partial charge in [-0.3, -0.25) is 4.79 Å². The van der Waals surface area contributed by atoms with Crippen molar-refractivity contribution in [3.8, 4) is 0 Å². The summed E-state index contributed by atoms with van der Waals surface area (Å²) in [6.45, 7) is 5.68. The van der Waals surface area contributed by atoms with Crippen molar-refractivity contribution in [2.75, 3.05) is 13.1 Å². The first-order valence-electron chi connectivity index (χ1n) is 10.0. The van der Waals surface area contributed by atoms with Crippen LogP contribution in [0.5, 0.6) is 0 Å². The SMILES string of the molecule is CC(C)(C)OC(=O)NCCCN(OC(=O)c1ccccc1)C(=O)/C=C/c1ccccc1. The predicted octanol–water partition coefficient (Wildman–Crippen LogP) is 4.22. The van der Waals surface area contributed by atoms with Crippen LogP contribution in [0.25, 0.3) is 6.08 Å². The fourth-order valence-corrected chi connectivity index (χ4v) is 2.47. The van der Waals surface area contributed by atoms with Gasteiger partial charge in [0.25, 0.3) is 5.91 Å². The van der Waals surface area contributed by atoms with Crippen molar-refractivity contribution in [2.45, 2.75) is 32.8 Å². The third-order valence-electron chi connectivity index (χ3n) is 3.87. The molecule has 2 rings (SSSR count). The van der Waals surface area contributed by atoms with E-state index in [1.54, 1.807) is 57.2 Å². The minimum Gasteiger partial charge on any atom is -0.444 e. The van der Waals surface area contributed by atoms with E-state index in [4.69, 9.17) is 9.57 Å². The molecule has 7 nitrogen and oxygen atoms in total. The highest BCUT2D eigenvalue weighted by Gasteiger charge is 2.19. The molecule has 0 saturated heterocycles. The van der Waals surface area contributed by atoms with Crippen LogP contribution < -0.4 is 5.32 Å². The predicted molar refractivity (Wildman–Crippen MR) is 118 cm³/mol. The first-order valence-corrected chi connectivity index (χ1v) is 10.0. The van der Waals surface area contributed by atoms with Crippen LogP contribution in [0.4, 0.5) is 4.79 Å². The van der Waals surface area contributed by atoms with Gasteiger partial charge in [0.2, 0.25) is 0 Å². The monoisotopic (exact) mass is 424 g/mol. The number of ether oxygens (including phenoxy) is 1. The third-order valence-corrected chi connectivity index (χ3v) is 3.87. The van der Waals surface area contributed by atoms with E-state index in [0.717, 1.165) is 10.6 Å². The van der Waals surface area contributed by atoms with E-state index in [1.807, 2.05) is 30.3 Å². The number of carbonyl (C=O) groups is 3. The molecule has 0 aromatic heterocycles. The lowest BCUT2D eigenvalue weighted by Crippen LogP contribution is -2.37. The number of hydroxylamine groups is 2. The number of alkyl carbamates (subject to hydrolysis) is 1. The summed E-state index contributed by atoms with van der Waals surface area (Å²) in [6.07, 6.45) is 2.81. The number of nitrogens with one attached hydrogen (secondary N) is 1. The molecular formula is C24H28N2O5. The molecule has 0 aliphatic heterocycles. The van der Waals surface area contributed by atoms with Crippen molar-refractivity contribution in [3.63, 3.8) is 0 Å². The summed E-state index contributed by atoms with van der Waals surface area (Å²) in [4.78, 5) is 42.1. The van der Waals surface area contributed by atoms with Gasteiger partial charge in [-0.2, -0.15) is 5.06 Å². The zero-order chi connectivity index (χ0) is 22.7. The molecular weight excluding hydrogens is 396 g/mol. The van der Waals surface area contributed by atoms with Gasteiger partial charge in [0.15, 0.2) is 0 Å². The Bertz CT molecular complexity index is 889. The molecule has 1 N–H and O–H groups in total. The van der Waals surface area contributed by atoms with Crippen LogP contribution in [-0.2, 0) is 14.4 Å². The average Bonchev–Trinajstić information content (AvgIpc) is 2.74. The van der Waals surface area contributed by atoms with Crippen LogP contribution >= 0.6 is 0 Å². The number of hydrogen-bond acceptors (Lipinski definition) is 5. The van der Waals surface area contributed by atoms with E-state index in [9.17, 15) is 14.4 Å². The Balaban J connectivity index is 1.98. The Morgan fingerprint density at radius 1 is 0.968 bits per heavy atom. The van der Waals surface area contributed by atoms with E-state index >= 15 is 0 Å². The minimum absolute atomic E-state index is 0.104. The van der Waals surface area contributed by atoms with Crippen molar-refractivity contribution in [3.05, 3.63) is 77.9 Å². The molecule has 0 aliphatic carbocycles. The highest BCUT2D eigenvalue weighted by atomic mass is 16.7. The van der Waals surface area contributed by atoms with E-state index in [1.165, 1.54) is 6.08 Å². The molecule has 0 radical (unpaired) electrons. The van der Waals surface area contributed by atoms with E-state index in [-0.39, 0.29) is 13.1 Å². The normalized spacial score (nSPS) is 11.1. The Kier molecular flexibility index (Phi) is 8.81. The highest BCUT2D eigenvalue weighted by molar-refractivity contribution is 5.94.